The number of hydrogen-bond acceptors (Lipinski definition) is 4. The molecule has 1 unspecified atom stereocenters. The van der Waals surface area contributed by atoms with Gasteiger partial charge in [-0.3, -0.25) is 14.5 Å². The monoisotopic (exact) mass is 505 g/mol. The van der Waals surface area contributed by atoms with Gasteiger partial charge in [-0.25, -0.2) is 0 Å². The zero-order valence-corrected chi connectivity index (χ0v) is 19.9. The van der Waals surface area contributed by atoms with Crippen molar-refractivity contribution in [3.05, 3.63) is 101 Å². The van der Waals surface area contributed by atoms with E-state index in [2.05, 4.69) is 4.98 Å². The Kier molecular flexibility index (Phi) is 5.78. The average molecular weight is 505 g/mol. The third kappa shape index (κ3) is 4.12. The Morgan fingerprint density at radius 2 is 1.68 bits per heavy atom. The number of anilines is 2. The molecule has 1 saturated heterocycles. The summed E-state index contributed by atoms with van der Waals surface area (Å²) in [5.74, 6) is -2.42. The van der Waals surface area contributed by atoms with Crippen LogP contribution in [-0.2, 0) is 15.8 Å². The first-order chi connectivity index (χ1) is 17.6. The molecule has 1 amide bonds. The second-order valence-electron chi connectivity index (χ2n) is 8.95. The number of nitrogens with one attached hydrogen (secondary N) is 1. The van der Waals surface area contributed by atoms with Crippen LogP contribution in [0.1, 0.15) is 22.7 Å². The van der Waals surface area contributed by atoms with Crippen molar-refractivity contribution in [3.63, 3.8) is 0 Å². The van der Waals surface area contributed by atoms with Crippen LogP contribution < -0.4 is 9.80 Å². The number of H-pyrrole nitrogens is 1. The molecule has 1 atom stereocenters. The van der Waals surface area contributed by atoms with Crippen LogP contribution in [0.25, 0.3) is 16.7 Å². The number of benzene rings is 3. The molecule has 0 spiro atoms. The summed E-state index contributed by atoms with van der Waals surface area (Å²) in [6.07, 6.45) is -3.11. The van der Waals surface area contributed by atoms with Crippen LogP contribution in [0.15, 0.2) is 84.6 Å². The minimum atomic E-state index is -4.64. The lowest BCUT2D eigenvalue weighted by molar-refractivity contribution is -0.137. The number of nitrogens with zero attached hydrogens (tertiary/aromatic N) is 2. The average Bonchev–Trinajstić information content (AvgIpc) is 3.42. The van der Waals surface area contributed by atoms with Gasteiger partial charge in [0.2, 0.25) is 0 Å². The molecule has 0 radical (unpaired) electrons. The highest BCUT2D eigenvalue weighted by atomic mass is 19.4. The van der Waals surface area contributed by atoms with Gasteiger partial charge in [-0.2, -0.15) is 13.2 Å². The maximum atomic E-state index is 13.5. The second kappa shape index (κ2) is 8.85. The number of carbonyl (C=O) groups is 2. The topological polar surface area (TPSA) is 76.6 Å². The lowest BCUT2D eigenvalue weighted by Crippen LogP contribution is -2.29. The van der Waals surface area contributed by atoms with Gasteiger partial charge in [0.05, 0.1) is 17.2 Å². The van der Waals surface area contributed by atoms with Crippen molar-refractivity contribution in [1.29, 1.82) is 0 Å². The van der Waals surface area contributed by atoms with Crippen molar-refractivity contribution in [2.45, 2.75) is 12.2 Å². The first kappa shape index (κ1) is 24.2. The SMILES string of the molecule is CN(C)c1ccc(C2/C(=C(/O)c3c[nH]c4ccccc34)C(=O)C(=O)N2c2cccc(C(F)(F)F)c2)cc1. The number of fused-ring (bicyclic) bond motifs is 1. The molecule has 4 aromatic rings. The van der Waals surface area contributed by atoms with E-state index in [1.807, 2.05) is 25.1 Å². The van der Waals surface area contributed by atoms with E-state index < -0.39 is 35.2 Å². The summed E-state index contributed by atoms with van der Waals surface area (Å²) in [5, 5.41) is 12.0. The minimum Gasteiger partial charge on any atom is -0.507 e. The molecule has 188 valence electrons. The van der Waals surface area contributed by atoms with Gasteiger partial charge in [0, 0.05) is 48.1 Å². The van der Waals surface area contributed by atoms with E-state index in [1.54, 1.807) is 42.5 Å². The second-order valence-corrected chi connectivity index (χ2v) is 8.95. The van der Waals surface area contributed by atoms with Gasteiger partial charge in [0.1, 0.15) is 5.76 Å². The number of halogens is 3. The van der Waals surface area contributed by atoms with E-state index in [1.165, 1.54) is 18.3 Å². The Hall–Kier alpha value is -4.53. The molecule has 5 rings (SSSR count). The first-order valence-corrected chi connectivity index (χ1v) is 11.4. The largest absolute Gasteiger partial charge is 0.507 e. The van der Waals surface area contributed by atoms with E-state index in [9.17, 15) is 27.9 Å². The van der Waals surface area contributed by atoms with Crippen molar-refractivity contribution in [2.75, 3.05) is 23.9 Å². The molecule has 37 heavy (non-hydrogen) atoms. The smallest absolute Gasteiger partial charge is 0.416 e. The summed E-state index contributed by atoms with van der Waals surface area (Å²) < 4.78 is 40.4. The lowest BCUT2D eigenvalue weighted by Gasteiger charge is -2.26. The minimum absolute atomic E-state index is 0.100. The van der Waals surface area contributed by atoms with Crippen molar-refractivity contribution < 1.29 is 27.9 Å². The van der Waals surface area contributed by atoms with Gasteiger partial charge in [0.25, 0.3) is 11.7 Å². The number of aromatic amines is 1. The number of carbonyl (C=O) groups excluding carboxylic acids is 2. The highest BCUT2D eigenvalue weighted by Gasteiger charge is 2.47. The summed E-state index contributed by atoms with van der Waals surface area (Å²) >= 11 is 0. The Bertz CT molecular complexity index is 1550. The third-order valence-corrected chi connectivity index (χ3v) is 6.47. The highest BCUT2D eigenvalue weighted by Crippen LogP contribution is 2.44. The summed E-state index contributed by atoms with van der Waals surface area (Å²) in [6.45, 7) is 0. The number of aromatic nitrogens is 1. The molecule has 3 aromatic carbocycles. The van der Waals surface area contributed by atoms with Crippen LogP contribution in [-0.4, -0.2) is 35.9 Å². The Morgan fingerprint density at radius 1 is 0.973 bits per heavy atom. The molecule has 0 bridgehead atoms. The standard InChI is InChI=1S/C28H22F3N3O3/c1-33(2)18-12-10-16(11-13-18)24-23(25(35)21-15-32-22-9-4-3-8-20(21)22)26(36)27(37)34(24)19-7-5-6-17(14-19)28(29,30)31/h3-15,24,32,35H,1-2H3/b25-23-. The Morgan fingerprint density at radius 3 is 2.35 bits per heavy atom. The maximum Gasteiger partial charge on any atom is 0.416 e. The molecular formula is C28H22F3N3O3. The zero-order chi connectivity index (χ0) is 26.5. The third-order valence-electron chi connectivity index (χ3n) is 6.47. The molecule has 6 nitrogen and oxygen atoms in total. The number of aliphatic hydroxyl groups excluding tert-OH is 1. The fraction of sp³-hybridized carbons (Fsp3) is 0.143. The van der Waals surface area contributed by atoms with E-state index >= 15 is 0 Å². The number of amides is 1. The fourth-order valence-corrected chi connectivity index (χ4v) is 4.61. The van der Waals surface area contributed by atoms with Gasteiger partial charge < -0.3 is 15.0 Å². The van der Waals surface area contributed by atoms with Crippen LogP contribution in [0.2, 0.25) is 0 Å². The van der Waals surface area contributed by atoms with E-state index in [-0.39, 0.29) is 11.3 Å². The summed E-state index contributed by atoms with van der Waals surface area (Å²) in [6, 6.07) is 17.2. The van der Waals surface area contributed by atoms with Crippen LogP contribution in [0.3, 0.4) is 0 Å². The van der Waals surface area contributed by atoms with Gasteiger partial charge in [-0.15, -0.1) is 0 Å². The van der Waals surface area contributed by atoms with E-state index in [4.69, 9.17) is 0 Å². The van der Waals surface area contributed by atoms with Crippen molar-refractivity contribution in [3.8, 4) is 0 Å². The molecule has 1 aliphatic heterocycles. The van der Waals surface area contributed by atoms with Gasteiger partial charge in [-0.1, -0.05) is 36.4 Å². The van der Waals surface area contributed by atoms with Gasteiger partial charge in [0.15, 0.2) is 0 Å². The molecule has 0 saturated carbocycles. The van der Waals surface area contributed by atoms with Crippen LogP contribution in [0.4, 0.5) is 24.5 Å². The number of Topliss-reactive ketones (excluding diaryl/α,β-unsaturated/α-hetero) is 1. The molecular weight excluding hydrogens is 483 g/mol. The summed E-state index contributed by atoms with van der Waals surface area (Å²) in [5.41, 5.74) is 1.07. The highest BCUT2D eigenvalue weighted by molar-refractivity contribution is 6.51. The Labute approximate surface area is 210 Å². The number of hydrogen-bond donors (Lipinski definition) is 2. The van der Waals surface area contributed by atoms with Gasteiger partial charge in [-0.05, 0) is 42.0 Å². The van der Waals surface area contributed by atoms with Crippen LogP contribution in [0.5, 0.6) is 0 Å². The normalized spacial score (nSPS) is 17.5. The van der Waals surface area contributed by atoms with Crippen molar-refractivity contribution >= 4 is 39.7 Å². The lowest BCUT2D eigenvalue weighted by atomic mass is 9.94. The van der Waals surface area contributed by atoms with Crippen molar-refractivity contribution in [1.82, 2.24) is 4.98 Å². The quantitative estimate of drug-likeness (QED) is 0.206. The molecule has 1 aromatic heterocycles. The predicted octanol–water partition coefficient (Wildman–Crippen LogP) is 5.88. The molecule has 1 aliphatic rings. The number of rotatable bonds is 4. The molecule has 1 fully saturated rings. The molecule has 9 heteroatoms. The van der Waals surface area contributed by atoms with Crippen LogP contribution in [0, 0.1) is 0 Å². The summed E-state index contributed by atoms with van der Waals surface area (Å²) in [7, 11) is 3.70. The first-order valence-electron chi connectivity index (χ1n) is 11.4. The van der Waals surface area contributed by atoms with Crippen molar-refractivity contribution in [2.24, 2.45) is 0 Å². The zero-order valence-electron chi connectivity index (χ0n) is 19.9. The number of para-hydroxylation sites is 1. The number of aliphatic hydroxyl groups is 1. The maximum absolute atomic E-state index is 13.5. The number of alkyl halides is 3. The molecule has 0 aliphatic carbocycles. The van der Waals surface area contributed by atoms with Crippen LogP contribution >= 0.6 is 0 Å². The van der Waals surface area contributed by atoms with E-state index in [0.717, 1.165) is 22.7 Å². The fourth-order valence-electron chi connectivity index (χ4n) is 4.61. The van der Waals surface area contributed by atoms with Gasteiger partial charge >= 0.3 is 6.18 Å². The number of ketones is 1. The predicted molar refractivity (Wildman–Crippen MR) is 135 cm³/mol. The molecule has 2 N–H and O–H groups in total. The van der Waals surface area contributed by atoms with E-state index in [0.29, 0.717) is 22.0 Å². The molecule has 2 heterocycles. The summed E-state index contributed by atoms with van der Waals surface area (Å²) in [4.78, 5) is 32.6. The Balaban J connectivity index is 1.74.